The van der Waals surface area contributed by atoms with Gasteiger partial charge in [-0.05, 0) is 11.5 Å². The van der Waals surface area contributed by atoms with E-state index < -0.39 is 11.3 Å². The number of benzene rings is 2. The summed E-state index contributed by atoms with van der Waals surface area (Å²) in [5, 5.41) is 2.09. The molecule has 104 valence electrons. The molecule has 7 heteroatoms. The first-order valence-corrected chi connectivity index (χ1v) is 7.68. The SMILES string of the molecule is COc1c(CC2=NS(=O)ON2)cc(Br)c2ccccc12. The second-order valence-electron chi connectivity index (χ2n) is 4.21. The maximum absolute atomic E-state index is 11.1. The van der Waals surface area contributed by atoms with Crippen molar-refractivity contribution in [2.45, 2.75) is 6.42 Å². The van der Waals surface area contributed by atoms with Crippen molar-refractivity contribution < 1.29 is 13.2 Å². The quantitative estimate of drug-likeness (QED) is 0.920. The zero-order valence-corrected chi connectivity index (χ0v) is 13.0. The molecule has 0 radical (unpaired) electrons. The first-order valence-electron chi connectivity index (χ1n) is 5.86. The molecule has 0 aromatic heterocycles. The number of hydrogen-bond donors (Lipinski definition) is 1. The molecule has 0 saturated carbocycles. The number of methoxy groups -OCH3 is 1. The highest BCUT2D eigenvalue weighted by Gasteiger charge is 2.18. The Morgan fingerprint density at radius 3 is 2.80 bits per heavy atom. The standard InChI is InChI=1S/C13H11BrN2O3S/c1-18-13-8(7-12-15-19-20(17)16-12)6-11(14)9-4-2-3-5-10(9)13/h2-6H,7H2,1H3,(H,15,16). The van der Waals surface area contributed by atoms with E-state index in [2.05, 4.69) is 25.8 Å². The highest BCUT2D eigenvalue weighted by atomic mass is 79.9. The van der Waals surface area contributed by atoms with Crippen LogP contribution in [0.2, 0.25) is 0 Å². The van der Waals surface area contributed by atoms with Gasteiger partial charge in [0.15, 0.2) is 0 Å². The fraction of sp³-hybridized carbons (Fsp3) is 0.154. The van der Waals surface area contributed by atoms with E-state index in [9.17, 15) is 4.21 Å². The van der Waals surface area contributed by atoms with Crippen molar-refractivity contribution in [1.29, 1.82) is 0 Å². The van der Waals surface area contributed by atoms with Gasteiger partial charge >= 0.3 is 11.3 Å². The molecule has 20 heavy (non-hydrogen) atoms. The number of fused-ring (bicyclic) bond motifs is 1. The molecule has 0 spiro atoms. The van der Waals surface area contributed by atoms with Crippen molar-refractivity contribution in [3.05, 3.63) is 40.4 Å². The third kappa shape index (κ3) is 2.44. The van der Waals surface area contributed by atoms with Crippen molar-refractivity contribution in [3.63, 3.8) is 0 Å². The van der Waals surface area contributed by atoms with Crippen LogP contribution in [0.5, 0.6) is 5.75 Å². The maximum atomic E-state index is 11.1. The lowest BCUT2D eigenvalue weighted by Gasteiger charge is -2.13. The molecule has 3 rings (SSSR count). The predicted octanol–water partition coefficient (Wildman–Crippen LogP) is 2.67. The Bertz CT molecular complexity index is 733. The van der Waals surface area contributed by atoms with Crippen LogP contribution in [0.4, 0.5) is 0 Å². The Morgan fingerprint density at radius 2 is 2.15 bits per heavy atom. The van der Waals surface area contributed by atoms with Crippen molar-refractivity contribution in [3.8, 4) is 5.75 Å². The monoisotopic (exact) mass is 354 g/mol. The molecule has 0 aliphatic carbocycles. The Labute approximate surface area is 126 Å². The smallest absolute Gasteiger partial charge is 0.309 e. The lowest BCUT2D eigenvalue weighted by Crippen LogP contribution is -2.19. The lowest BCUT2D eigenvalue weighted by atomic mass is 10.0. The zero-order valence-electron chi connectivity index (χ0n) is 10.6. The lowest BCUT2D eigenvalue weighted by molar-refractivity contribution is 0.303. The fourth-order valence-corrected chi connectivity index (χ4v) is 3.30. The van der Waals surface area contributed by atoms with Gasteiger partial charge in [0.25, 0.3) is 0 Å². The minimum atomic E-state index is -1.64. The van der Waals surface area contributed by atoms with E-state index >= 15 is 0 Å². The van der Waals surface area contributed by atoms with Crippen LogP contribution in [0.1, 0.15) is 5.56 Å². The first kappa shape index (κ1) is 13.5. The molecule has 1 heterocycles. The van der Waals surface area contributed by atoms with Crippen LogP contribution in [0, 0.1) is 0 Å². The Kier molecular flexibility index (Phi) is 3.73. The maximum Gasteiger partial charge on any atom is 0.309 e. The van der Waals surface area contributed by atoms with Gasteiger partial charge in [0.1, 0.15) is 11.6 Å². The largest absolute Gasteiger partial charge is 0.496 e. The van der Waals surface area contributed by atoms with Gasteiger partial charge in [-0.25, -0.2) is 9.69 Å². The average Bonchev–Trinajstić information content (AvgIpc) is 2.85. The number of halogens is 1. The van der Waals surface area contributed by atoms with E-state index in [1.807, 2.05) is 30.3 Å². The summed E-state index contributed by atoms with van der Waals surface area (Å²) in [4.78, 5) is 0. The van der Waals surface area contributed by atoms with E-state index in [0.29, 0.717) is 12.3 Å². The van der Waals surface area contributed by atoms with Crippen LogP contribution in [0.15, 0.2) is 39.2 Å². The molecule has 0 amide bonds. The van der Waals surface area contributed by atoms with Crippen molar-refractivity contribution >= 4 is 43.8 Å². The van der Waals surface area contributed by atoms with Crippen LogP contribution < -0.4 is 10.2 Å². The normalized spacial score (nSPS) is 17.9. The molecule has 0 fully saturated rings. The third-order valence-electron chi connectivity index (χ3n) is 3.00. The summed E-state index contributed by atoms with van der Waals surface area (Å²) < 4.78 is 26.1. The van der Waals surface area contributed by atoms with Crippen LogP contribution in [0.3, 0.4) is 0 Å². The third-order valence-corrected chi connectivity index (χ3v) is 4.25. The highest BCUT2D eigenvalue weighted by molar-refractivity contribution is 9.10. The summed E-state index contributed by atoms with van der Waals surface area (Å²) in [7, 11) is 1.64. The molecule has 0 saturated heterocycles. The molecular formula is C13H11BrN2O3S. The number of ether oxygens (including phenoxy) is 1. The molecule has 1 atom stereocenters. The molecular weight excluding hydrogens is 344 g/mol. The molecule has 5 nitrogen and oxygen atoms in total. The number of amidine groups is 1. The van der Waals surface area contributed by atoms with E-state index in [1.54, 1.807) is 7.11 Å². The van der Waals surface area contributed by atoms with E-state index in [4.69, 9.17) is 9.02 Å². The van der Waals surface area contributed by atoms with Gasteiger partial charge in [-0.15, -0.1) is 4.40 Å². The van der Waals surface area contributed by atoms with E-state index in [-0.39, 0.29) is 0 Å². The number of hydroxylamine groups is 1. The number of nitrogens with zero attached hydrogens (tertiary/aromatic N) is 1. The summed E-state index contributed by atoms with van der Waals surface area (Å²) in [6, 6.07) is 9.94. The molecule has 1 N–H and O–H groups in total. The first-order chi connectivity index (χ1) is 9.69. The van der Waals surface area contributed by atoms with Crippen molar-refractivity contribution in [1.82, 2.24) is 5.48 Å². The summed E-state index contributed by atoms with van der Waals surface area (Å²) in [5.41, 5.74) is 3.49. The topological polar surface area (TPSA) is 59.9 Å². The van der Waals surface area contributed by atoms with E-state index in [1.165, 1.54) is 0 Å². The Morgan fingerprint density at radius 1 is 1.40 bits per heavy atom. The molecule has 1 unspecified atom stereocenters. The number of nitrogens with one attached hydrogen (secondary N) is 1. The fourth-order valence-electron chi connectivity index (χ4n) is 2.19. The highest BCUT2D eigenvalue weighted by Crippen LogP contribution is 2.35. The molecule has 1 aliphatic heterocycles. The average molecular weight is 355 g/mol. The number of hydrogen-bond acceptors (Lipinski definition) is 4. The van der Waals surface area contributed by atoms with Crippen LogP contribution in [0.25, 0.3) is 10.8 Å². The summed E-state index contributed by atoms with van der Waals surface area (Å²) in [5.74, 6) is 1.30. The molecule has 1 aliphatic rings. The molecule has 2 aromatic carbocycles. The summed E-state index contributed by atoms with van der Waals surface area (Å²) >= 11 is 1.92. The van der Waals surface area contributed by atoms with Crippen LogP contribution >= 0.6 is 15.9 Å². The van der Waals surface area contributed by atoms with Gasteiger partial charge in [-0.3, -0.25) is 0 Å². The second-order valence-corrected chi connectivity index (χ2v) is 5.85. The zero-order chi connectivity index (χ0) is 14.1. The molecule has 0 bridgehead atoms. The molecule has 2 aromatic rings. The van der Waals surface area contributed by atoms with Gasteiger partial charge in [0.05, 0.1) is 7.11 Å². The van der Waals surface area contributed by atoms with Gasteiger partial charge < -0.3 is 4.74 Å². The van der Waals surface area contributed by atoms with Gasteiger partial charge in [0.2, 0.25) is 0 Å². The minimum Gasteiger partial charge on any atom is -0.496 e. The van der Waals surface area contributed by atoms with Gasteiger partial charge in [0, 0.05) is 21.8 Å². The summed E-state index contributed by atoms with van der Waals surface area (Å²) in [6.07, 6.45) is 0.457. The Balaban J connectivity index is 2.10. The van der Waals surface area contributed by atoms with Gasteiger partial charge in [-0.2, -0.15) is 4.28 Å². The van der Waals surface area contributed by atoms with Crippen molar-refractivity contribution in [2.75, 3.05) is 7.11 Å². The van der Waals surface area contributed by atoms with E-state index in [0.717, 1.165) is 26.6 Å². The van der Waals surface area contributed by atoms with Crippen LogP contribution in [-0.4, -0.2) is 17.2 Å². The second kappa shape index (κ2) is 5.51. The Hall–Kier alpha value is -1.44. The van der Waals surface area contributed by atoms with Crippen molar-refractivity contribution in [2.24, 2.45) is 4.40 Å². The minimum absolute atomic E-state index is 0.457. The summed E-state index contributed by atoms with van der Waals surface area (Å²) in [6.45, 7) is 0. The van der Waals surface area contributed by atoms with Crippen LogP contribution in [-0.2, 0) is 22.0 Å². The predicted molar refractivity (Wildman–Crippen MR) is 81.7 cm³/mol. The van der Waals surface area contributed by atoms with Gasteiger partial charge in [-0.1, -0.05) is 40.2 Å². The number of rotatable bonds is 3.